The molecule has 1 aromatic heterocycles. The standard InChI is InChI=1S/C31H46N2O2/c1-3-5-7-8-9-10-11-24-13-15-25(16-14-24)26-17-19-27(20-18-26)31-32-21-28(22-33-31)34-23-30-29(35-30)12-6-4-2/h17-22,24-25,29-30H,3-16,23H2,1-2H3/t24?,25?,29-,30-/m0/s1. The molecule has 0 unspecified atom stereocenters. The van der Waals surface area contributed by atoms with Crippen LogP contribution in [-0.4, -0.2) is 28.8 Å². The summed E-state index contributed by atoms with van der Waals surface area (Å²) in [6, 6.07) is 8.96. The van der Waals surface area contributed by atoms with Crippen LogP contribution in [0.1, 0.15) is 115 Å². The van der Waals surface area contributed by atoms with Crippen molar-refractivity contribution in [2.24, 2.45) is 5.92 Å². The number of epoxide rings is 1. The quantitative estimate of drug-likeness (QED) is 0.190. The highest BCUT2D eigenvalue weighted by Gasteiger charge is 2.38. The molecular weight excluding hydrogens is 432 g/mol. The molecule has 2 aromatic rings. The fourth-order valence-corrected chi connectivity index (χ4v) is 5.61. The van der Waals surface area contributed by atoms with Crippen LogP contribution in [0.5, 0.6) is 5.75 Å². The molecular formula is C31H46N2O2. The van der Waals surface area contributed by atoms with Crippen LogP contribution in [0.25, 0.3) is 11.4 Å². The van der Waals surface area contributed by atoms with Crippen LogP contribution in [0.2, 0.25) is 0 Å². The largest absolute Gasteiger partial charge is 0.488 e. The molecule has 4 heteroatoms. The third-order valence-corrected chi connectivity index (χ3v) is 8.03. The van der Waals surface area contributed by atoms with Crippen LogP contribution < -0.4 is 4.74 Å². The van der Waals surface area contributed by atoms with E-state index in [9.17, 15) is 0 Å². The molecule has 0 radical (unpaired) electrons. The van der Waals surface area contributed by atoms with E-state index in [0.29, 0.717) is 24.4 Å². The Morgan fingerprint density at radius 2 is 1.46 bits per heavy atom. The van der Waals surface area contributed by atoms with Crippen molar-refractivity contribution in [1.29, 1.82) is 0 Å². The van der Waals surface area contributed by atoms with Gasteiger partial charge >= 0.3 is 0 Å². The van der Waals surface area contributed by atoms with E-state index in [1.807, 2.05) is 0 Å². The zero-order valence-electron chi connectivity index (χ0n) is 22.1. The maximum Gasteiger partial charge on any atom is 0.159 e. The molecule has 1 aliphatic carbocycles. The van der Waals surface area contributed by atoms with E-state index in [4.69, 9.17) is 9.47 Å². The minimum absolute atomic E-state index is 0.236. The van der Waals surface area contributed by atoms with E-state index in [-0.39, 0.29) is 6.10 Å². The molecule has 2 aliphatic rings. The van der Waals surface area contributed by atoms with Crippen molar-refractivity contribution in [3.8, 4) is 17.1 Å². The Morgan fingerprint density at radius 1 is 0.771 bits per heavy atom. The summed E-state index contributed by atoms with van der Waals surface area (Å²) in [5, 5.41) is 0. The molecule has 2 atom stereocenters. The van der Waals surface area contributed by atoms with E-state index in [2.05, 4.69) is 48.1 Å². The molecule has 0 amide bonds. The topological polar surface area (TPSA) is 47.5 Å². The van der Waals surface area contributed by atoms with Crippen molar-refractivity contribution in [3.05, 3.63) is 42.2 Å². The summed E-state index contributed by atoms with van der Waals surface area (Å²) in [6.45, 7) is 5.10. The van der Waals surface area contributed by atoms with E-state index in [1.54, 1.807) is 12.4 Å². The van der Waals surface area contributed by atoms with Crippen LogP contribution >= 0.6 is 0 Å². The zero-order valence-corrected chi connectivity index (χ0v) is 22.1. The van der Waals surface area contributed by atoms with Gasteiger partial charge in [-0.15, -0.1) is 0 Å². The lowest BCUT2D eigenvalue weighted by molar-refractivity contribution is 0.258. The van der Waals surface area contributed by atoms with Gasteiger partial charge in [-0.1, -0.05) is 95.9 Å². The van der Waals surface area contributed by atoms with Gasteiger partial charge in [-0.3, -0.25) is 0 Å². The molecule has 4 nitrogen and oxygen atoms in total. The Kier molecular flexibility index (Phi) is 10.4. The van der Waals surface area contributed by atoms with Gasteiger partial charge in [-0.25, -0.2) is 9.97 Å². The number of rotatable bonds is 15. The van der Waals surface area contributed by atoms with Gasteiger partial charge in [-0.05, 0) is 49.5 Å². The SMILES string of the molecule is CCCCCCCCC1CCC(c2ccc(-c3ncc(OC[C@@H]4O[C@H]4CCCC)cn3)cc2)CC1. The minimum Gasteiger partial charge on any atom is -0.488 e. The maximum absolute atomic E-state index is 5.83. The summed E-state index contributed by atoms with van der Waals surface area (Å²) in [5.41, 5.74) is 2.55. The molecule has 4 rings (SSSR count). The van der Waals surface area contributed by atoms with Gasteiger partial charge in [0.25, 0.3) is 0 Å². The van der Waals surface area contributed by atoms with Crippen LogP contribution in [0, 0.1) is 5.92 Å². The van der Waals surface area contributed by atoms with Crippen molar-refractivity contribution in [2.75, 3.05) is 6.61 Å². The molecule has 192 valence electrons. The first-order valence-electron chi connectivity index (χ1n) is 14.5. The van der Waals surface area contributed by atoms with Crippen LogP contribution in [0.15, 0.2) is 36.7 Å². The predicted octanol–water partition coefficient (Wildman–Crippen LogP) is 8.50. The molecule has 0 bridgehead atoms. The normalized spacial score (nSPS) is 23.8. The third-order valence-electron chi connectivity index (χ3n) is 8.03. The van der Waals surface area contributed by atoms with E-state index in [0.717, 1.165) is 23.7 Å². The first kappa shape index (κ1) is 26.1. The molecule has 2 heterocycles. The number of benzene rings is 1. The Bertz CT molecular complexity index is 843. The Labute approximate surface area is 213 Å². The average molecular weight is 479 g/mol. The average Bonchev–Trinajstić information content (AvgIpc) is 3.67. The molecule has 0 N–H and O–H groups in total. The van der Waals surface area contributed by atoms with Gasteiger partial charge in [0.05, 0.1) is 18.5 Å². The van der Waals surface area contributed by atoms with Gasteiger partial charge in [0.2, 0.25) is 0 Å². The number of aromatic nitrogens is 2. The zero-order chi connectivity index (χ0) is 24.3. The Balaban J connectivity index is 1.17. The molecule has 0 spiro atoms. The summed E-state index contributed by atoms with van der Waals surface area (Å²) in [6.07, 6.45) is 23.2. The van der Waals surface area contributed by atoms with Crippen molar-refractivity contribution in [3.63, 3.8) is 0 Å². The van der Waals surface area contributed by atoms with E-state index < -0.39 is 0 Å². The summed E-state index contributed by atoms with van der Waals surface area (Å²) in [4.78, 5) is 9.09. The lowest BCUT2D eigenvalue weighted by Crippen LogP contribution is -2.13. The molecule has 1 aliphatic heterocycles. The van der Waals surface area contributed by atoms with Gasteiger partial charge < -0.3 is 9.47 Å². The van der Waals surface area contributed by atoms with Gasteiger partial charge in [-0.2, -0.15) is 0 Å². The minimum atomic E-state index is 0.236. The smallest absolute Gasteiger partial charge is 0.159 e. The highest BCUT2D eigenvalue weighted by atomic mass is 16.6. The molecule has 1 saturated heterocycles. The highest BCUT2D eigenvalue weighted by molar-refractivity contribution is 5.55. The van der Waals surface area contributed by atoms with Gasteiger partial charge in [0, 0.05) is 5.56 Å². The molecule has 1 saturated carbocycles. The molecule has 35 heavy (non-hydrogen) atoms. The summed E-state index contributed by atoms with van der Waals surface area (Å²) in [7, 11) is 0. The van der Waals surface area contributed by atoms with Crippen molar-refractivity contribution >= 4 is 0 Å². The van der Waals surface area contributed by atoms with Crippen molar-refractivity contribution in [2.45, 2.75) is 122 Å². The van der Waals surface area contributed by atoms with Gasteiger partial charge in [0.15, 0.2) is 11.6 Å². The number of hydrogen-bond acceptors (Lipinski definition) is 4. The first-order valence-corrected chi connectivity index (χ1v) is 14.5. The predicted molar refractivity (Wildman–Crippen MR) is 144 cm³/mol. The number of ether oxygens (including phenoxy) is 2. The molecule has 2 fully saturated rings. The Hall–Kier alpha value is -1.94. The van der Waals surface area contributed by atoms with Crippen LogP contribution in [-0.2, 0) is 4.74 Å². The number of nitrogens with zero attached hydrogens (tertiary/aromatic N) is 2. The summed E-state index contributed by atoms with van der Waals surface area (Å²) < 4.78 is 11.5. The van der Waals surface area contributed by atoms with Crippen molar-refractivity contribution < 1.29 is 9.47 Å². The summed E-state index contributed by atoms with van der Waals surface area (Å²) in [5.74, 6) is 3.15. The first-order chi connectivity index (χ1) is 17.3. The number of unbranched alkanes of at least 4 members (excludes halogenated alkanes) is 6. The lowest BCUT2D eigenvalue weighted by Gasteiger charge is -2.29. The Morgan fingerprint density at radius 3 is 2.17 bits per heavy atom. The third kappa shape index (κ3) is 8.31. The monoisotopic (exact) mass is 478 g/mol. The van der Waals surface area contributed by atoms with Crippen LogP contribution in [0.4, 0.5) is 0 Å². The maximum atomic E-state index is 5.83. The second kappa shape index (κ2) is 14.0. The van der Waals surface area contributed by atoms with Crippen molar-refractivity contribution in [1.82, 2.24) is 9.97 Å². The fraction of sp³-hybridized carbons (Fsp3) is 0.677. The lowest BCUT2D eigenvalue weighted by atomic mass is 9.77. The van der Waals surface area contributed by atoms with Crippen LogP contribution in [0.3, 0.4) is 0 Å². The fourth-order valence-electron chi connectivity index (χ4n) is 5.61. The second-order valence-electron chi connectivity index (χ2n) is 10.8. The number of hydrogen-bond donors (Lipinski definition) is 0. The second-order valence-corrected chi connectivity index (χ2v) is 10.8. The van der Waals surface area contributed by atoms with Gasteiger partial charge in [0.1, 0.15) is 12.7 Å². The summed E-state index contributed by atoms with van der Waals surface area (Å²) >= 11 is 0. The highest BCUT2D eigenvalue weighted by Crippen LogP contribution is 2.38. The van der Waals surface area contributed by atoms with E-state index >= 15 is 0 Å². The molecule has 1 aromatic carbocycles. The van der Waals surface area contributed by atoms with E-state index in [1.165, 1.54) is 89.0 Å².